The number of hydrogen-bond acceptors (Lipinski definition) is 4. The minimum absolute atomic E-state index is 0.924. The summed E-state index contributed by atoms with van der Waals surface area (Å²) in [4.78, 5) is 10.0. The van der Waals surface area contributed by atoms with Crippen LogP contribution in [0.15, 0.2) is 95.0 Å². The Balaban J connectivity index is 1.38. The van der Waals surface area contributed by atoms with Crippen LogP contribution in [0.3, 0.4) is 0 Å². The van der Waals surface area contributed by atoms with Crippen molar-refractivity contribution in [2.45, 2.75) is 40.8 Å². The highest BCUT2D eigenvalue weighted by atomic mass is 32.2. The predicted molar refractivity (Wildman–Crippen MR) is 131 cm³/mol. The van der Waals surface area contributed by atoms with Gasteiger partial charge in [-0.3, -0.25) is 0 Å². The van der Waals surface area contributed by atoms with Crippen molar-refractivity contribution in [1.82, 2.24) is 9.97 Å². The van der Waals surface area contributed by atoms with Gasteiger partial charge < -0.3 is 0 Å². The minimum Gasteiger partial charge on any atom is -0.240 e. The number of aromatic nitrogens is 2. The Morgan fingerprint density at radius 2 is 1.35 bits per heavy atom. The van der Waals surface area contributed by atoms with Gasteiger partial charge in [0, 0.05) is 11.5 Å². The first kappa shape index (κ1) is 20.3. The van der Waals surface area contributed by atoms with E-state index in [9.17, 15) is 0 Å². The number of fused-ring (bicyclic) bond motifs is 1. The van der Waals surface area contributed by atoms with Crippen LogP contribution >= 0.6 is 23.5 Å². The van der Waals surface area contributed by atoms with E-state index in [1.807, 2.05) is 11.8 Å². The number of thioether (sulfide) groups is 2. The summed E-state index contributed by atoms with van der Waals surface area (Å²) in [5.74, 6) is 1.87. The van der Waals surface area contributed by atoms with Gasteiger partial charge in [-0.25, -0.2) is 9.97 Å². The lowest BCUT2D eigenvalue weighted by Crippen LogP contribution is -1.97. The highest BCUT2D eigenvalue weighted by Crippen LogP contribution is 2.35. The van der Waals surface area contributed by atoms with E-state index in [1.54, 1.807) is 11.8 Å². The number of aryl methyl sites for hydroxylation is 1. The molecule has 0 amide bonds. The molecule has 2 aromatic carbocycles. The van der Waals surface area contributed by atoms with E-state index in [4.69, 9.17) is 9.97 Å². The molecule has 2 aromatic heterocycles. The molecule has 5 rings (SSSR count). The van der Waals surface area contributed by atoms with Crippen molar-refractivity contribution in [2.75, 3.05) is 0 Å². The normalized spacial score (nSPS) is 12.6. The molecular weight excluding hydrogens is 416 g/mol. The number of hydrogen-bond donors (Lipinski definition) is 0. The molecular formula is C27H24N2S2. The van der Waals surface area contributed by atoms with E-state index in [1.165, 1.54) is 33.7 Å². The third-order valence-corrected chi connectivity index (χ3v) is 7.58. The molecule has 0 aliphatic heterocycles. The van der Waals surface area contributed by atoms with Crippen LogP contribution in [0.5, 0.6) is 0 Å². The molecule has 154 valence electrons. The Hall–Kier alpha value is -2.56. The van der Waals surface area contributed by atoms with E-state index in [2.05, 4.69) is 84.9 Å². The number of benzene rings is 2. The molecule has 2 nitrogen and oxygen atoms in total. The minimum atomic E-state index is 0.924. The molecule has 0 N–H and O–H groups in total. The van der Waals surface area contributed by atoms with E-state index >= 15 is 0 Å². The van der Waals surface area contributed by atoms with Crippen LogP contribution in [-0.2, 0) is 24.3 Å². The van der Waals surface area contributed by atoms with Crippen molar-refractivity contribution < 1.29 is 0 Å². The fourth-order valence-corrected chi connectivity index (χ4v) is 5.80. The van der Waals surface area contributed by atoms with Crippen LogP contribution in [0, 0.1) is 0 Å². The second kappa shape index (κ2) is 9.71. The lowest BCUT2D eigenvalue weighted by molar-refractivity contribution is 0.899. The maximum atomic E-state index is 5.08. The van der Waals surface area contributed by atoms with Gasteiger partial charge in [0.1, 0.15) is 5.03 Å². The third kappa shape index (κ3) is 5.03. The second-order valence-corrected chi connectivity index (χ2v) is 9.67. The molecule has 0 fully saturated rings. The van der Waals surface area contributed by atoms with Crippen molar-refractivity contribution in [1.29, 1.82) is 0 Å². The van der Waals surface area contributed by atoms with Gasteiger partial charge in [0.2, 0.25) is 0 Å². The SMILES string of the molecule is c1ccc(CSc2cccc(-c3cc4c(c(SCc5ccccc5)n3)CCC4)n2)cc1. The first-order chi connectivity index (χ1) is 15.3. The number of pyridine rings is 2. The quantitative estimate of drug-likeness (QED) is 0.283. The molecule has 0 atom stereocenters. The van der Waals surface area contributed by atoms with E-state index in [0.29, 0.717) is 0 Å². The summed E-state index contributed by atoms with van der Waals surface area (Å²) >= 11 is 3.63. The van der Waals surface area contributed by atoms with E-state index < -0.39 is 0 Å². The molecule has 0 unspecified atom stereocenters. The van der Waals surface area contributed by atoms with Crippen LogP contribution in [0.2, 0.25) is 0 Å². The second-order valence-electron chi connectivity index (χ2n) is 7.71. The first-order valence-corrected chi connectivity index (χ1v) is 12.7. The Morgan fingerprint density at radius 1 is 0.645 bits per heavy atom. The predicted octanol–water partition coefficient (Wildman–Crippen LogP) is 7.22. The zero-order chi connectivity index (χ0) is 20.9. The molecule has 0 radical (unpaired) electrons. The standard InChI is InChI=1S/C27H24N2S2/c1-3-9-20(10-4-1)18-30-26-16-8-15-24(28-26)25-17-22-13-7-14-23(22)27(29-25)31-19-21-11-5-2-6-12-21/h1-6,8-12,15-17H,7,13-14,18-19H2. The summed E-state index contributed by atoms with van der Waals surface area (Å²) in [5.41, 5.74) is 7.51. The zero-order valence-corrected chi connectivity index (χ0v) is 19.0. The maximum absolute atomic E-state index is 5.08. The smallest absolute Gasteiger partial charge is 0.101 e. The molecule has 0 saturated carbocycles. The molecule has 2 heterocycles. The summed E-state index contributed by atoms with van der Waals surface area (Å²) in [6, 6.07) is 29.7. The van der Waals surface area contributed by atoms with Crippen LogP contribution < -0.4 is 0 Å². The van der Waals surface area contributed by atoms with Gasteiger partial charge in [-0.2, -0.15) is 0 Å². The Kier molecular flexibility index (Phi) is 6.38. The first-order valence-electron chi connectivity index (χ1n) is 10.7. The van der Waals surface area contributed by atoms with Crippen LogP contribution in [0.25, 0.3) is 11.4 Å². The Bertz CT molecular complexity index is 1160. The van der Waals surface area contributed by atoms with Crippen molar-refractivity contribution in [3.8, 4) is 11.4 Å². The lowest BCUT2D eigenvalue weighted by atomic mass is 10.1. The van der Waals surface area contributed by atoms with E-state index in [-0.39, 0.29) is 0 Å². The summed E-state index contributed by atoms with van der Waals surface area (Å²) in [6.07, 6.45) is 3.51. The van der Waals surface area contributed by atoms with Crippen molar-refractivity contribution in [3.63, 3.8) is 0 Å². The van der Waals surface area contributed by atoms with Crippen molar-refractivity contribution >= 4 is 23.5 Å². The van der Waals surface area contributed by atoms with Crippen LogP contribution in [0.1, 0.15) is 28.7 Å². The Morgan fingerprint density at radius 3 is 2.10 bits per heavy atom. The lowest BCUT2D eigenvalue weighted by Gasteiger charge is -2.11. The van der Waals surface area contributed by atoms with Crippen LogP contribution in [0.4, 0.5) is 0 Å². The van der Waals surface area contributed by atoms with Gasteiger partial charge in [-0.1, -0.05) is 66.7 Å². The molecule has 1 aliphatic rings. The molecule has 0 spiro atoms. The highest BCUT2D eigenvalue weighted by Gasteiger charge is 2.19. The number of rotatable bonds is 7. The topological polar surface area (TPSA) is 25.8 Å². The Labute approximate surface area is 192 Å². The summed E-state index contributed by atoms with van der Waals surface area (Å²) in [6.45, 7) is 0. The van der Waals surface area contributed by atoms with Gasteiger partial charge in [0.05, 0.1) is 16.4 Å². The van der Waals surface area contributed by atoms with Gasteiger partial charge in [-0.05, 0) is 59.7 Å². The summed E-state index contributed by atoms with van der Waals surface area (Å²) in [7, 11) is 0. The van der Waals surface area contributed by atoms with Gasteiger partial charge in [0.15, 0.2) is 0 Å². The molecule has 31 heavy (non-hydrogen) atoms. The average molecular weight is 441 g/mol. The zero-order valence-electron chi connectivity index (χ0n) is 17.3. The third-order valence-electron chi connectivity index (χ3n) is 5.49. The largest absolute Gasteiger partial charge is 0.240 e. The van der Waals surface area contributed by atoms with E-state index in [0.717, 1.165) is 40.8 Å². The van der Waals surface area contributed by atoms with Crippen molar-refractivity contribution in [3.05, 3.63) is 107 Å². The fourth-order valence-electron chi connectivity index (χ4n) is 3.89. The van der Waals surface area contributed by atoms with Crippen LogP contribution in [-0.4, -0.2) is 9.97 Å². The fraction of sp³-hybridized carbons (Fsp3) is 0.185. The molecule has 0 bridgehead atoms. The monoisotopic (exact) mass is 440 g/mol. The molecule has 0 saturated heterocycles. The summed E-state index contributed by atoms with van der Waals surface area (Å²) in [5, 5.41) is 2.22. The molecule has 4 heteroatoms. The maximum Gasteiger partial charge on any atom is 0.101 e. The highest BCUT2D eigenvalue weighted by molar-refractivity contribution is 7.98. The average Bonchev–Trinajstić information content (AvgIpc) is 3.32. The molecule has 4 aromatic rings. The van der Waals surface area contributed by atoms with Crippen molar-refractivity contribution in [2.24, 2.45) is 0 Å². The summed E-state index contributed by atoms with van der Waals surface area (Å²) < 4.78 is 0. The van der Waals surface area contributed by atoms with Gasteiger partial charge in [0.25, 0.3) is 0 Å². The number of nitrogens with zero attached hydrogens (tertiary/aromatic N) is 2. The molecule has 1 aliphatic carbocycles. The van der Waals surface area contributed by atoms with Gasteiger partial charge >= 0.3 is 0 Å². The van der Waals surface area contributed by atoms with Gasteiger partial charge in [-0.15, -0.1) is 23.5 Å².